The monoisotopic (exact) mass is 335 g/mol. The van der Waals surface area contributed by atoms with Crippen LogP contribution in [0.5, 0.6) is 0 Å². The van der Waals surface area contributed by atoms with Crippen molar-refractivity contribution in [2.24, 2.45) is 0 Å². The van der Waals surface area contributed by atoms with Crippen LogP contribution < -0.4 is 15.8 Å². The zero-order chi connectivity index (χ0) is 16.8. The van der Waals surface area contributed by atoms with Crippen molar-refractivity contribution in [1.82, 2.24) is 9.80 Å². The Hall–Kier alpha value is -2.35. The molecule has 0 bridgehead atoms. The van der Waals surface area contributed by atoms with Gasteiger partial charge in [-0.15, -0.1) is 0 Å². The van der Waals surface area contributed by atoms with Gasteiger partial charge < -0.3 is 25.6 Å². The van der Waals surface area contributed by atoms with Gasteiger partial charge in [0.25, 0.3) is 0 Å². The second-order valence-electron chi connectivity index (χ2n) is 5.15. The minimum absolute atomic E-state index is 0.0248. The molecule has 0 radical (unpaired) electrons. The Bertz CT molecular complexity index is 600. The summed E-state index contributed by atoms with van der Waals surface area (Å²) in [6.45, 7) is 5.72. The molecule has 1 fully saturated rings. The van der Waals surface area contributed by atoms with Crippen LogP contribution >= 0.6 is 12.8 Å². The molecule has 1 heterocycles. The molecule has 8 heteroatoms. The van der Waals surface area contributed by atoms with Crippen molar-refractivity contribution in [3.8, 4) is 0 Å². The third-order valence-corrected chi connectivity index (χ3v) is 3.98. The number of hydrogen-bond acceptors (Lipinski definition) is 6. The maximum Gasteiger partial charge on any atom is 0.246 e. The Morgan fingerprint density at radius 2 is 1.91 bits per heavy atom. The highest BCUT2D eigenvalue weighted by atomic mass is 32.1. The van der Waals surface area contributed by atoms with Gasteiger partial charge in [0, 0.05) is 26.2 Å². The van der Waals surface area contributed by atoms with Crippen LogP contribution in [0.25, 0.3) is 0 Å². The number of nitrogens with zero attached hydrogens (tertiary/aromatic N) is 2. The van der Waals surface area contributed by atoms with E-state index in [1.807, 2.05) is 6.07 Å². The van der Waals surface area contributed by atoms with Crippen molar-refractivity contribution < 1.29 is 9.59 Å². The normalized spacial score (nSPS) is 14.3. The standard InChI is InChI=1S/C15H21N5O2S/c1-2-13(21)19-6-8-20(9-7-19)14(22)10-17-12-5-3-4-11(16)15(12)18-23/h2-5,17-18,23H,1,6-10,16H2. The number of carbonyl (C=O) groups is 2. The molecule has 23 heavy (non-hydrogen) atoms. The van der Waals surface area contributed by atoms with E-state index in [0.717, 1.165) is 0 Å². The molecule has 0 aliphatic carbocycles. The number of piperazine rings is 1. The molecule has 0 atom stereocenters. The molecule has 4 N–H and O–H groups in total. The molecule has 124 valence electrons. The zero-order valence-corrected chi connectivity index (χ0v) is 13.7. The van der Waals surface area contributed by atoms with E-state index in [-0.39, 0.29) is 18.4 Å². The van der Waals surface area contributed by atoms with Gasteiger partial charge in [-0.1, -0.05) is 25.5 Å². The Balaban J connectivity index is 1.88. The van der Waals surface area contributed by atoms with E-state index in [4.69, 9.17) is 5.73 Å². The van der Waals surface area contributed by atoms with Gasteiger partial charge in [-0.3, -0.25) is 9.59 Å². The van der Waals surface area contributed by atoms with E-state index < -0.39 is 0 Å². The number of nitrogens with one attached hydrogen (secondary N) is 2. The lowest BCUT2D eigenvalue weighted by molar-refractivity contribution is -0.135. The number of hydrogen-bond donors (Lipinski definition) is 4. The lowest BCUT2D eigenvalue weighted by atomic mass is 10.2. The lowest BCUT2D eigenvalue weighted by Gasteiger charge is -2.34. The number of nitrogen functional groups attached to an aromatic ring is 1. The Morgan fingerprint density at radius 3 is 2.52 bits per heavy atom. The first-order valence-corrected chi connectivity index (χ1v) is 7.73. The fourth-order valence-corrected chi connectivity index (χ4v) is 2.68. The van der Waals surface area contributed by atoms with Crippen molar-refractivity contribution >= 4 is 41.7 Å². The fraction of sp³-hybridized carbons (Fsp3) is 0.333. The van der Waals surface area contributed by atoms with Crippen LogP contribution in [0.4, 0.5) is 17.1 Å². The van der Waals surface area contributed by atoms with Gasteiger partial charge in [-0.2, -0.15) is 0 Å². The highest BCUT2D eigenvalue weighted by Gasteiger charge is 2.22. The van der Waals surface area contributed by atoms with Crippen LogP contribution in [-0.4, -0.2) is 54.3 Å². The van der Waals surface area contributed by atoms with Crippen molar-refractivity contribution in [3.63, 3.8) is 0 Å². The number of rotatable bonds is 5. The van der Waals surface area contributed by atoms with E-state index in [1.165, 1.54) is 6.08 Å². The number of carbonyl (C=O) groups excluding carboxylic acids is 2. The highest BCUT2D eigenvalue weighted by Crippen LogP contribution is 2.28. The van der Waals surface area contributed by atoms with E-state index in [0.29, 0.717) is 43.2 Å². The maximum absolute atomic E-state index is 12.3. The maximum atomic E-state index is 12.3. The molecule has 0 spiro atoms. The van der Waals surface area contributed by atoms with Gasteiger partial charge in [0.05, 0.1) is 23.6 Å². The quantitative estimate of drug-likeness (QED) is 0.363. The Labute approximate surface area is 141 Å². The molecule has 7 nitrogen and oxygen atoms in total. The third-order valence-electron chi connectivity index (χ3n) is 3.76. The molecule has 1 aliphatic heterocycles. The molecule has 0 aromatic heterocycles. The molecule has 0 saturated carbocycles. The smallest absolute Gasteiger partial charge is 0.246 e. The van der Waals surface area contributed by atoms with E-state index in [2.05, 4.69) is 29.4 Å². The van der Waals surface area contributed by atoms with E-state index in [9.17, 15) is 9.59 Å². The second-order valence-corrected chi connectivity index (χ2v) is 5.37. The molecule has 0 unspecified atom stereocenters. The number of thiol groups is 1. The predicted molar refractivity (Wildman–Crippen MR) is 95.3 cm³/mol. The summed E-state index contributed by atoms with van der Waals surface area (Å²) in [4.78, 5) is 27.2. The molecular formula is C15H21N5O2S. The average Bonchev–Trinajstić information content (AvgIpc) is 2.59. The second kappa shape index (κ2) is 7.77. The first-order chi connectivity index (χ1) is 11.1. The van der Waals surface area contributed by atoms with Gasteiger partial charge >= 0.3 is 0 Å². The van der Waals surface area contributed by atoms with Gasteiger partial charge in [0.2, 0.25) is 11.8 Å². The number of nitrogens with two attached hydrogens (primary N) is 1. The van der Waals surface area contributed by atoms with Crippen LogP contribution in [-0.2, 0) is 9.59 Å². The number of para-hydroxylation sites is 1. The molecule has 1 aliphatic rings. The fourth-order valence-electron chi connectivity index (χ4n) is 2.43. The van der Waals surface area contributed by atoms with E-state index in [1.54, 1.807) is 21.9 Å². The van der Waals surface area contributed by atoms with Crippen LogP contribution in [0.3, 0.4) is 0 Å². The van der Waals surface area contributed by atoms with Crippen LogP contribution in [0.1, 0.15) is 0 Å². The number of anilines is 3. The van der Waals surface area contributed by atoms with E-state index >= 15 is 0 Å². The van der Waals surface area contributed by atoms with Crippen molar-refractivity contribution in [2.75, 3.05) is 48.5 Å². The molecular weight excluding hydrogens is 314 g/mol. The minimum atomic E-state index is -0.0977. The van der Waals surface area contributed by atoms with Gasteiger partial charge in [0.15, 0.2) is 0 Å². The number of benzene rings is 1. The number of amides is 2. The molecule has 1 saturated heterocycles. The largest absolute Gasteiger partial charge is 0.397 e. The summed E-state index contributed by atoms with van der Waals surface area (Å²) in [5, 5.41) is 3.07. The average molecular weight is 335 g/mol. The van der Waals surface area contributed by atoms with Crippen molar-refractivity contribution in [1.29, 1.82) is 0 Å². The van der Waals surface area contributed by atoms with Gasteiger partial charge in [-0.25, -0.2) is 0 Å². The Kier molecular flexibility index (Phi) is 5.75. The molecule has 1 aromatic carbocycles. The zero-order valence-electron chi connectivity index (χ0n) is 12.8. The summed E-state index contributed by atoms with van der Waals surface area (Å²) in [5.41, 5.74) is 7.76. The van der Waals surface area contributed by atoms with Crippen molar-refractivity contribution in [2.45, 2.75) is 0 Å². The summed E-state index contributed by atoms with van der Waals surface area (Å²) in [6.07, 6.45) is 1.30. The SMILES string of the molecule is C=CC(=O)N1CCN(C(=O)CNc2cccc(N)c2NS)CC1. The van der Waals surface area contributed by atoms with Crippen LogP contribution in [0, 0.1) is 0 Å². The summed E-state index contributed by atoms with van der Waals surface area (Å²) in [6, 6.07) is 5.38. The van der Waals surface area contributed by atoms with Gasteiger partial charge in [-0.05, 0) is 18.2 Å². The summed E-state index contributed by atoms with van der Waals surface area (Å²) in [7, 11) is 0. The third kappa shape index (κ3) is 4.10. The summed E-state index contributed by atoms with van der Waals surface area (Å²) < 4.78 is 2.72. The minimum Gasteiger partial charge on any atom is -0.397 e. The van der Waals surface area contributed by atoms with Crippen LogP contribution in [0.2, 0.25) is 0 Å². The predicted octanol–water partition coefficient (Wildman–Crippen LogP) is 0.794. The topological polar surface area (TPSA) is 90.7 Å². The van der Waals surface area contributed by atoms with Gasteiger partial charge in [0.1, 0.15) is 0 Å². The molecule has 1 aromatic rings. The first kappa shape index (κ1) is 17.0. The van der Waals surface area contributed by atoms with Crippen molar-refractivity contribution in [3.05, 3.63) is 30.9 Å². The first-order valence-electron chi connectivity index (χ1n) is 7.28. The highest BCUT2D eigenvalue weighted by molar-refractivity contribution is 7.81. The Morgan fingerprint density at radius 1 is 1.26 bits per heavy atom. The molecule has 2 rings (SSSR count). The molecule has 2 amide bonds. The summed E-state index contributed by atoms with van der Waals surface area (Å²) in [5.74, 6) is -0.122. The lowest BCUT2D eigenvalue weighted by Crippen LogP contribution is -2.51. The summed E-state index contributed by atoms with van der Waals surface area (Å²) >= 11 is 4.02. The van der Waals surface area contributed by atoms with Crippen LogP contribution in [0.15, 0.2) is 30.9 Å².